The molecule has 1 aromatic heterocycles. The zero-order chi connectivity index (χ0) is 18.4. The molecule has 0 unspecified atom stereocenters. The molecule has 0 aliphatic heterocycles. The lowest BCUT2D eigenvalue weighted by Crippen LogP contribution is -2.34. The molecule has 1 aromatic carbocycles. The molecular formula is C20H28N4O. The van der Waals surface area contributed by atoms with Crippen LogP contribution in [0.1, 0.15) is 49.4 Å². The highest BCUT2D eigenvalue weighted by Crippen LogP contribution is 2.18. The lowest BCUT2D eigenvalue weighted by molar-refractivity contribution is 0.0767. The smallest absolute Gasteiger partial charge is 0.272 e. The quantitative estimate of drug-likeness (QED) is 0.771. The number of carbonyl (C=O) groups excluding carboxylic acids is 1. The molecule has 0 fully saturated rings. The van der Waals surface area contributed by atoms with Gasteiger partial charge >= 0.3 is 0 Å². The topological polar surface area (TPSA) is 49.3 Å². The minimum atomic E-state index is -0.0415. The van der Waals surface area contributed by atoms with Crippen molar-refractivity contribution >= 4 is 11.9 Å². The van der Waals surface area contributed by atoms with Crippen LogP contribution in [0.5, 0.6) is 0 Å². The number of amides is 1. The van der Waals surface area contributed by atoms with Crippen molar-refractivity contribution in [2.75, 3.05) is 18.0 Å². The molecule has 2 aromatic rings. The van der Waals surface area contributed by atoms with Gasteiger partial charge in [0.2, 0.25) is 5.95 Å². The predicted molar refractivity (Wildman–Crippen MR) is 102 cm³/mol. The summed E-state index contributed by atoms with van der Waals surface area (Å²) in [5.41, 5.74) is 2.46. The maximum Gasteiger partial charge on any atom is 0.272 e. The van der Waals surface area contributed by atoms with Crippen LogP contribution >= 0.6 is 0 Å². The van der Waals surface area contributed by atoms with Gasteiger partial charge in [0.05, 0.1) is 0 Å². The Morgan fingerprint density at radius 1 is 1.08 bits per heavy atom. The zero-order valence-electron chi connectivity index (χ0n) is 15.9. The van der Waals surface area contributed by atoms with Crippen LogP contribution in [0.25, 0.3) is 0 Å². The average Bonchev–Trinajstić information content (AvgIpc) is 2.60. The Labute approximate surface area is 150 Å². The van der Waals surface area contributed by atoms with E-state index in [0.717, 1.165) is 5.69 Å². The third-order valence-corrected chi connectivity index (χ3v) is 4.19. The summed E-state index contributed by atoms with van der Waals surface area (Å²) in [5.74, 6) is 0.564. The van der Waals surface area contributed by atoms with Crippen molar-refractivity contribution in [1.82, 2.24) is 14.9 Å². The number of hydrogen-bond donors (Lipinski definition) is 0. The second-order valence-corrected chi connectivity index (χ2v) is 6.38. The van der Waals surface area contributed by atoms with Gasteiger partial charge < -0.3 is 9.80 Å². The molecule has 5 heteroatoms. The highest BCUT2D eigenvalue weighted by Gasteiger charge is 2.20. The summed E-state index contributed by atoms with van der Waals surface area (Å²) < 4.78 is 0. The van der Waals surface area contributed by atoms with Gasteiger partial charge in [-0.05, 0) is 46.2 Å². The van der Waals surface area contributed by atoms with Crippen molar-refractivity contribution in [2.45, 2.75) is 47.2 Å². The summed E-state index contributed by atoms with van der Waals surface area (Å²) in [6.07, 6.45) is 0. The van der Waals surface area contributed by atoms with Crippen molar-refractivity contribution in [3.8, 4) is 0 Å². The summed E-state index contributed by atoms with van der Waals surface area (Å²) >= 11 is 0. The first-order valence-electron chi connectivity index (χ1n) is 8.91. The molecular weight excluding hydrogens is 312 g/mol. The van der Waals surface area contributed by atoms with Crippen LogP contribution in [0.3, 0.4) is 0 Å². The van der Waals surface area contributed by atoms with E-state index in [1.165, 1.54) is 5.56 Å². The van der Waals surface area contributed by atoms with Gasteiger partial charge in [0.25, 0.3) is 5.91 Å². The number of aryl methyl sites for hydroxylation is 1. The van der Waals surface area contributed by atoms with Gasteiger partial charge in [0, 0.05) is 31.4 Å². The first-order valence-corrected chi connectivity index (χ1v) is 8.91. The van der Waals surface area contributed by atoms with Crippen LogP contribution in [0.2, 0.25) is 0 Å². The average molecular weight is 340 g/mol. The van der Waals surface area contributed by atoms with Gasteiger partial charge in [0.1, 0.15) is 5.69 Å². The molecule has 1 heterocycles. The Balaban J connectivity index is 2.36. The van der Waals surface area contributed by atoms with Crippen LogP contribution in [-0.4, -0.2) is 39.9 Å². The molecule has 0 radical (unpaired) electrons. The summed E-state index contributed by atoms with van der Waals surface area (Å²) in [6, 6.07) is 12.2. The fourth-order valence-corrected chi connectivity index (χ4v) is 2.73. The molecule has 0 aliphatic carbocycles. The maximum absolute atomic E-state index is 12.7. The van der Waals surface area contributed by atoms with E-state index in [1.807, 2.05) is 39.0 Å². The summed E-state index contributed by atoms with van der Waals surface area (Å²) in [7, 11) is 0. The number of hydrogen-bond acceptors (Lipinski definition) is 4. The van der Waals surface area contributed by atoms with Crippen molar-refractivity contribution in [2.24, 2.45) is 0 Å². The van der Waals surface area contributed by atoms with E-state index >= 15 is 0 Å². The predicted octanol–water partition coefficient (Wildman–Crippen LogP) is 3.68. The lowest BCUT2D eigenvalue weighted by atomic mass is 10.2. The molecule has 0 aliphatic rings. The van der Waals surface area contributed by atoms with E-state index in [0.29, 0.717) is 31.3 Å². The summed E-state index contributed by atoms with van der Waals surface area (Å²) in [6.45, 7) is 12.1. The van der Waals surface area contributed by atoms with Crippen molar-refractivity contribution in [3.63, 3.8) is 0 Å². The van der Waals surface area contributed by atoms with Crippen LogP contribution < -0.4 is 4.90 Å². The fraction of sp³-hybridized carbons (Fsp3) is 0.450. The zero-order valence-corrected chi connectivity index (χ0v) is 15.9. The minimum Gasteiger partial charge on any atom is -0.338 e. The molecule has 1 amide bonds. The van der Waals surface area contributed by atoms with Gasteiger partial charge in [-0.3, -0.25) is 4.79 Å². The van der Waals surface area contributed by atoms with Gasteiger partial charge in [-0.25, -0.2) is 9.97 Å². The Morgan fingerprint density at radius 2 is 1.72 bits per heavy atom. The molecule has 0 bridgehead atoms. The highest BCUT2D eigenvalue weighted by molar-refractivity contribution is 5.92. The molecule has 134 valence electrons. The Bertz CT molecular complexity index is 696. The number of carbonyl (C=O) groups is 1. The Hall–Kier alpha value is -2.43. The SMILES string of the molecule is CCN(CC)C(=O)c1cc(C)nc(N(Cc2ccccc2)C(C)C)n1. The van der Waals surface area contributed by atoms with Crippen molar-refractivity contribution < 1.29 is 4.79 Å². The molecule has 2 rings (SSSR count). The van der Waals surface area contributed by atoms with Crippen molar-refractivity contribution in [3.05, 3.63) is 53.3 Å². The van der Waals surface area contributed by atoms with Crippen LogP contribution in [-0.2, 0) is 6.54 Å². The molecule has 0 N–H and O–H groups in total. The second kappa shape index (κ2) is 8.60. The Morgan fingerprint density at radius 3 is 2.28 bits per heavy atom. The monoisotopic (exact) mass is 340 g/mol. The third-order valence-electron chi connectivity index (χ3n) is 4.19. The van der Waals surface area contributed by atoms with E-state index in [2.05, 4.69) is 40.8 Å². The second-order valence-electron chi connectivity index (χ2n) is 6.38. The van der Waals surface area contributed by atoms with E-state index in [-0.39, 0.29) is 11.9 Å². The number of nitrogens with zero attached hydrogens (tertiary/aromatic N) is 4. The molecule has 0 saturated carbocycles. The third kappa shape index (κ3) is 4.78. The molecule has 25 heavy (non-hydrogen) atoms. The Kier molecular flexibility index (Phi) is 6.51. The van der Waals surface area contributed by atoms with Crippen LogP contribution in [0.15, 0.2) is 36.4 Å². The minimum absolute atomic E-state index is 0.0415. The summed E-state index contributed by atoms with van der Waals surface area (Å²) in [4.78, 5) is 25.8. The van der Waals surface area contributed by atoms with Crippen LogP contribution in [0.4, 0.5) is 5.95 Å². The maximum atomic E-state index is 12.7. The lowest BCUT2D eigenvalue weighted by Gasteiger charge is -2.28. The first-order chi connectivity index (χ1) is 12.0. The largest absolute Gasteiger partial charge is 0.338 e. The molecule has 5 nitrogen and oxygen atoms in total. The number of benzene rings is 1. The fourth-order valence-electron chi connectivity index (χ4n) is 2.73. The highest BCUT2D eigenvalue weighted by atomic mass is 16.2. The van der Waals surface area contributed by atoms with Crippen molar-refractivity contribution in [1.29, 1.82) is 0 Å². The summed E-state index contributed by atoms with van der Waals surface area (Å²) in [5, 5.41) is 0. The van der Waals surface area contributed by atoms with E-state index in [4.69, 9.17) is 0 Å². The van der Waals surface area contributed by atoms with Gasteiger partial charge in [-0.1, -0.05) is 30.3 Å². The van der Waals surface area contributed by atoms with E-state index in [1.54, 1.807) is 11.0 Å². The first kappa shape index (κ1) is 18.9. The van der Waals surface area contributed by atoms with Crippen LogP contribution in [0, 0.1) is 6.92 Å². The number of anilines is 1. The van der Waals surface area contributed by atoms with E-state index in [9.17, 15) is 4.79 Å². The van der Waals surface area contributed by atoms with Gasteiger partial charge in [0.15, 0.2) is 0 Å². The molecule has 0 atom stereocenters. The molecule has 0 saturated heterocycles. The molecule has 0 spiro atoms. The van der Waals surface area contributed by atoms with Gasteiger partial charge in [-0.2, -0.15) is 0 Å². The van der Waals surface area contributed by atoms with Gasteiger partial charge in [-0.15, -0.1) is 0 Å². The number of aromatic nitrogens is 2. The number of rotatable bonds is 7. The van der Waals surface area contributed by atoms with E-state index < -0.39 is 0 Å². The normalized spacial score (nSPS) is 10.8. The standard InChI is InChI=1S/C20H28N4O/c1-6-23(7-2)19(25)18-13-16(5)21-20(22-18)24(15(3)4)14-17-11-9-8-10-12-17/h8-13,15H,6-7,14H2,1-5H3.